The van der Waals surface area contributed by atoms with Gasteiger partial charge in [0.25, 0.3) is 0 Å². The van der Waals surface area contributed by atoms with Crippen molar-refractivity contribution in [1.29, 1.82) is 0 Å². The maximum absolute atomic E-state index is 12.9. The molecule has 3 heterocycles. The van der Waals surface area contributed by atoms with E-state index in [1.807, 2.05) is 29.2 Å². The average Bonchev–Trinajstić information content (AvgIpc) is 3.35. The number of rotatable bonds is 3. The van der Waals surface area contributed by atoms with Crippen LogP contribution < -0.4 is 10.2 Å². The van der Waals surface area contributed by atoms with Gasteiger partial charge in [-0.25, -0.2) is 4.79 Å². The van der Waals surface area contributed by atoms with Gasteiger partial charge >= 0.3 is 6.03 Å². The van der Waals surface area contributed by atoms with Gasteiger partial charge in [0.1, 0.15) is 5.76 Å². The van der Waals surface area contributed by atoms with Crippen LogP contribution in [0, 0.1) is 5.92 Å². The number of fused-ring (bicyclic) bond motifs is 1. The summed E-state index contributed by atoms with van der Waals surface area (Å²) in [6, 6.07) is 11.7. The number of hydrogen-bond donors (Lipinski definition) is 1. The number of piperidine rings is 1. The molecular formula is C20H23N3O3. The maximum Gasteiger partial charge on any atom is 0.317 e. The topological polar surface area (TPSA) is 65.8 Å². The second kappa shape index (κ2) is 7.23. The number of nitrogens with one attached hydrogen (secondary N) is 1. The van der Waals surface area contributed by atoms with E-state index in [0.29, 0.717) is 32.5 Å². The molecule has 6 nitrogen and oxygen atoms in total. The summed E-state index contributed by atoms with van der Waals surface area (Å²) in [5, 5.41) is 2.86. The molecule has 6 heteroatoms. The number of carbonyl (C=O) groups is 2. The van der Waals surface area contributed by atoms with Gasteiger partial charge in [0, 0.05) is 31.2 Å². The van der Waals surface area contributed by atoms with E-state index in [9.17, 15) is 9.59 Å². The zero-order valence-electron chi connectivity index (χ0n) is 14.7. The predicted molar refractivity (Wildman–Crippen MR) is 97.7 cm³/mol. The van der Waals surface area contributed by atoms with Gasteiger partial charge in [-0.3, -0.25) is 4.79 Å². The fourth-order valence-corrected chi connectivity index (χ4v) is 3.80. The van der Waals surface area contributed by atoms with Crippen LogP contribution in [-0.4, -0.2) is 36.5 Å². The van der Waals surface area contributed by atoms with Crippen molar-refractivity contribution in [2.75, 3.05) is 24.5 Å². The SMILES string of the molecule is O=C(NCc1ccco1)N1CCC(C(=O)N2CCc3ccccc32)CC1. The first-order chi connectivity index (χ1) is 12.7. The number of hydrogen-bond acceptors (Lipinski definition) is 3. The first-order valence-corrected chi connectivity index (χ1v) is 9.17. The molecule has 4 rings (SSSR count). The summed E-state index contributed by atoms with van der Waals surface area (Å²) < 4.78 is 5.22. The van der Waals surface area contributed by atoms with E-state index in [1.54, 1.807) is 17.2 Å². The first-order valence-electron chi connectivity index (χ1n) is 9.17. The summed E-state index contributed by atoms with van der Waals surface area (Å²) in [5.41, 5.74) is 2.30. The van der Waals surface area contributed by atoms with E-state index >= 15 is 0 Å². The highest BCUT2D eigenvalue weighted by atomic mass is 16.3. The van der Waals surface area contributed by atoms with Gasteiger partial charge in [-0.1, -0.05) is 18.2 Å². The molecule has 1 saturated heterocycles. The van der Waals surface area contributed by atoms with Gasteiger partial charge < -0.3 is 19.5 Å². The molecule has 0 aliphatic carbocycles. The van der Waals surface area contributed by atoms with Crippen LogP contribution in [0.4, 0.5) is 10.5 Å². The normalized spacial score (nSPS) is 17.2. The Labute approximate surface area is 152 Å². The molecule has 26 heavy (non-hydrogen) atoms. The Kier molecular flexibility index (Phi) is 4.65. The lowest BCUT2D eigenvalue weighted by molar-refractivity contribution is -0.123. The smallest absolute Gasteiger partial charge is 0.317 e. The fourth-order valence-electron chi connectivity index (χ4n) is 3.80. The number of carbonyl (C=O) groups excluding carboxylic acids is 2. The summed E-state index contributed by atoms with van der Waals surface area (Å²) in [6.07, 6.45) is 3.95. The minimum atomic E-state index is -0.0983. The number of furan rings is 1. The largest absolute Gasteiger partial charge is 0.467 e. The Hall–Kier alpha value is -2.76. The Morgan fingerprint density at radius 3 is 2.65 bits per heavy atom. The number of likely N-dealkylation sites (tertiary alicyclic amines) is 1. The number of benzene rings is 1. The summed E-state index contributed by atoms with van der Waals surface area (Å²) in [7, 11) is 0. The van der Waals surface area contributed by atoms with Crippen molar-refractivity contribution in [3.8, 4) is 0 Å². The summed E-state index contributed by atoms with van der Waals surface area (Å²) in [5.74, 6) is 0.928. The van der Waals surface area contributed by atoms with Gasteiger partial charge in [0.15, 0.2) is 0 Å². The highest BCUT2D eigenvalue weighted by Gasteiger charge is 2.33. The Balaban J connectivity index is 1.29. The second-order valence-corrected chi connectivity index (χ2v) is 6.87. The third-order valence-electron chi connectivity index (χ3n) is 5.28. The number of anilines is 1. The van der Waals surface area contributed by atoms with Crippen LogP contribution in [0.25, 0.3) is 0 Å². The van der Waals surface area contributed by atoms with Crippen LogP contribution in [0.2, 0.25) is 0 Å². The molecule has 1 fully saturated rings. The molecule has 0 spiro atoms. The lowest BCUT2D eigenvalue weighted by Crippen LogP contribution is -2.47. The fraction of sp³-hybridized carbons (Fsp3) is 0.400. The van der Waals surface area contributed by atoms with Crippen molar-refractivity contribution in [2.24, 2.45) is 5.92 Å². The number of urea groups is 1. The van der Waals surface area contributed by atoms with Crippen LogP contribution >= 0.6 is 0 Å². The number of amides is 3. The molecule has 0 unspecified atom stereocenters. The number of para-hydroxylation sites is 1. The van der Waals surface area contributed by atoms with Crippen LogP contribution in [0.15, 0.2) is 47.1 Å². The molecule has 0 atom stereocenters. The Morgan fingerprint density at radius 2 is 1.88 bits per heavy atom. The molecule has 136 valence electrons. The van der Waals surface area contributed by atoms with Gasteiger partial charge in [-0.05, 0) is 43.0 Å². The zero-order chi connectivity index (χ0) is 17.9. The highest BCUT2D eigenvalue weighted by molar-refractivity contribution is 5.97. The van der Waals surface area contributed by atoms with E-state index in [-0.39, 0.29) is 17.9 Å². The average molecular weight is 353 g/mol. The van der Waals surface area contributed by atoms with Crippen molar-refractivity contribution in [2.45, 2.75) is 25.8 Å². The van der Waals surface area contributed by atoms with Gasteiger partial charge in [-0.15, -0.1) is 0 Å². The third-order valence-corrected chi connectivity index (χ3v) is 5.28. The van der Waals surface area contributed by atoms with Crippen LogP contribution in [0.1, 0.15) is 24.2 Å². The van der Waals surface area contributed by atoms with E-state index in [0.717, 1.165) is 24.4 Å². The van der Waals surface area contributed by atoms with Crippen LogP contribution in [0.5, 0.6) is 0 Å². The standard InChI is InChI=1S/C20H23N3O3/c24-19(23-12-9-15-4-1-2-6-18(15)23)16-7-10-22(11-8-16)20(25)21-14-17-5-3-13-26-17/h1-6,13,16H,7-12,14H2,(H,21,25). The molecule has 1 aromatic carbocycles. The number of nitrogens with zero attached hydrogens (tertiary/aromatic N) is 2. The summed E-state index contributed by atoms with van der Waals surface area (Å²) >= 11 is 0. The second-order valence-electron chi connectivity index (χ2n) is 6.87. The summed E-state index contributed by atoms with van der Waals surface area (Å²) in [6.45, 7) is 2.36. The van der Waals surface area contributed by atoms with Crippen molar-refractivity contribution in [3.05, 3.63) is 54.0 Å². The summed E-state index contributed by atoms with van der Waals surface area (Å²) in [4.78, 5) is 28.9. The molecule has 1 N–H and O–H groups in total. The predicted octanol–water partition coefficient (Wildman–Crippen LogP) is 2.79. The molecular weight excluding hydrogens is 330 g/mol. The van der Waals surface area contributed by atoms with E-state index in [1.165, 1.54) is 5.56 Å². The van der Waals surface area contributed by atoms with E-state index in [2.05, 4.69) is 11.4 Å². The van der Waals surface area contributed by atoms with Gasteiger partial charge in [0.05, 0.1) is 12.8 Å². The monoisotopic (exact) mass is 353 g/mol. The molecule has 2 aromatic rings. The Bertz CT molecular complexity index is 779. The van der Waals surface area contributed by atoms with Crippen LogP contribution in [0.3, 0.4) is 0 Å². The molecule has 0 bridgehead atoms. The van der Waals surface area contributed by atoms with Crippen molar-refractivity contribution < 1.29 is 14.0 Å². The van der Waals surface area contributed by atoms with E-state index in [4.69, 9.17) is 4.42 Å². The minimum Gasteiger partial charge on any atom is -0.467 e. The molecule has 2 aliphatic heterocycles. The van der Waals surface area contributed by atoms with Gasteiger partial charge in [-0.2, -0.15) is 0 Å². The minimum absolute atomic E-state index is 0.00437. The lowest BCUT2D eigenvalue weighted by Gasteiger charge is -2.33. The van der Waals surface area contributed by atoms with Crippen molar-refractivity contribution in [3.63, 3.8) is 0 Å². The molecule has 2 aliphatic rings. The van der Waals surface area contributed by atoms with Crippen molar-refractivity contribution >= 4 is 17.6 Å². The molecule has 0 saturated carbocycles. The third kappa shape index (κ3) is 3.31. The van der Waals surface area contributed by atoms with E-state index < -0.39 is 0 Å². The maximum atomic E-state index is 12.9. The molecule has 0 radical (unpaired) electrons. The van der Waals surface area contributed by atoms with Gasteiger partial charge in [0.2, 0.25) is 5.91 Å². The highest BCUT2D eigenvalue weighted by Crippen LogP contribution is 2.30. The molecule has 1 aromatic heterocycles. The first kappa shape index (κ1) is 16.7. The quantitative estimate of drug-likeness (QED) is 0.923. The molecule has 3 amide bonds. The van der Waals surface area contributed by atoms with Crippen molar-refractivity contribution in [1.82, 2.24) is 10.2 Å². The Morgan fingerprint density at radius 1 is 1.08 bits per heavy atom. The zero-order valence-corrected chi connectivity index (χ0v) is 14.7. The lowest BCUT2D eigenvalue weighted by atomic mass is 9.95. The van der Waals surface area contributed by atoms with Crippen LogP contribution in [-0.2, 0) is 17.8 Å².